The highest BCUT2D eigenvalue weighted by atomic mass is 79.9. The fourth-order valence-corrected chi connectivity index (χ4v) is 1.90. The molecule has 5 heteroatoms. The first-order valence-electron chi connectivity index (χ1n) is 5.80. The second-order valence-corrected chi connectivity index (χ2v) is 5.96. The van der Waals surface area contributed by atoms with E-state index in [-0.39, 0.29) is 0 Å². The van der Waals surface area contributed by atoms with E-state index >= 15 is 0 Å². The maximum atomic E-state index is 11.7. The van der Waals surface area contributed by atoms with E-state index in [2.05, 4.69) is 20.9 Å². The van der Waals surface area contributed by atoms with Crippen molar-refractivity contribution in [1.29, 1.82) is 0 Å². The van der Waals surface area contributed by atoms with E-state index in [0.717, 1.165) is 9.86 Å². The van der Waals surface area contributed by atoms with Crippen LogP contribution in [-0.4, -0.2) is 16.7 Å². The van der Waals surface area contributed by atoms with Gasteiger partial charge in [0.2, 0.25) is 0 Å². The number of nitrogens with zero attached hydrogens (tertiary/aromatic N) is 1. The van der Waals surface area contributed by atoms with Crippen LogP contribution in [0.4, 0.5) is 4.79 Å². The van der Waals surface area contributed by atoms with Crippen LogP contribution in [0, 0.1) is 0 Å². The average Bonchev–Trinajstić information content (AvgIpc) is 2.26. The fraction of sp³-hybridized carbons (Fsp3) is 0.286. The Hall–Kier alpha value is -1.62. The van der Waals surface area contributed by atoms with Crippen molar-refractivity contribution in [2.45, 2.75) is 26.4 Å². The number of carbonyl (C=O) groups is 1. The first-order chi connectivity index (χ1) is 8.85. The molecular formula is C14H14BrNO3. The molecule has 0 aliphatic rings. The Morgan fingerprint density at radius 1 is 1.32 bits per heavy atom. The Balaban J connectivity index is 2.28. The monoisotopic (exact) mass is 323 g/mol. The number of hydrogen-bond acceptors (Lipinski definition) is 4. The van der Waals surface area contributed by atoms with Gasteiger partial charge < -0.3 is 9.47 Å². The molecule has 0 amide bonds. The van der Waals surface area contributed by atoms with Gasteiger partial charge in [0.1, 0.15) is 11.1 Å². The SMILES string of the molecule is CC(C)(C)OC(=O)Oc1cccc2cc(Br)cnc12. The Bertz CT molecular complexity index is 620. The third-order valence-electron chi connectivity index (χ3n) is 2.22. The molecule has 0 spiro atoms. The van der Waals surface area contributed by atoms with Gasteiger partial charge in [0.15, 0.2) is 5.75 Å². The molecule has 0 bridgehead atoms. The lowest BCUT2D eigenvalue weighted by molar-refractivity contribution is 0.0209. The van der Waals surface area contributed by atoms with Gasteiger partial charge >= 0.3 is 6.16 Å². The summed E-state index contributed by atoms with van der Waals surface area (Å²) in [5, 5.41) is 0.885. The van der Waals surface area contributed by atoms with Gasteiger partial charge in [-0.05, 0) is 48.8 Å². The standard InChI is InChI=1S/C14H14BrNO3/c1-14(2,3)19-13(17)18-11-6-4-5-9-7-10(15)8-16-12(9)11/h4-8H,1-3H3. The van der Waals surface area contributed by atoms with Gasteiger partial charge in [0, 0.05) is 16.1 Å². The smallest absolute Gasteiger partial charge is 0.428 e. The van der Waals surface area contributed by atoms with Crippen LogP contribution in [0.2, 0.25) is 0 Å². The molecule has 0 aliphatic carbocycles. The summed E-state index contributed by atoms with van der Waals surface area (Å²) in [7, 11) is 0. The Kier molecular flexibility index (Phi) is 3.75. The maximum Gasteiger partial charge on any atom is 0.514 e. The number of carbonyl (C=O) groups excluding carboxylic acids is 1. The predicted octanol–water partition coefficient (Wildman–Crippen LogP) is 4.31. The van der Waals surface area contributed by atoms with E-state index in [1.54, 1.807) is 39.1 Å². The van der Waals surface area contributed by atoms with E-state index in [1.165, 1.54) is 0 Å². The van der Waals surface area contributed by atoms with Gasteiger partial charge in [-0.25, -0.2) is 4.79 Å². The molecular weight excluding hydrogens is 310 g/mol. The third-order valence-corrected chi connectivity index (χ3v) is 2.66. The number of rotatable bonds is 1. The molecule has 0 saturated heterocycles. The molecule has 1 heterocycles. The van der Waals surface area contributed by atoms with Gasteiger partial charge in [0.25, 0.3) is 0 Å². The van der Waals surface area contributed by atoms with Crippen molar-refractivity contribution >= 4 is 33.0 Å². The fourth-order valence-electron chi connectivity index (χ4n) is 1.55. The van der Waals surface area contributed by atoms with Crippen LogP contribution in [0.1, 0.15) is 20.8 Å². The van der Waals surface area contributed by atoms with E-state index in [9.17, 15) is 4.79 Å². The van der Waals surface area contributed by atoms with Gasteiger partial charge in [0.05, 0.1) is 0 Å². The second-order valence-electron chi connectivity index (χ2n) is 5.05. The Labute approximate surface area is 119 Å². The van der Waals surface area contributed by atoms with E-state index < -0.39 is 11.8 Å². The van der Waals surface area contributed by atoms with Gasteiger partial charge in [-0.15, -0.1) is 0 Å². The zero-order valence-electron chi connectivity index (χ0n) is 10.9. The number of benzene rings is 1. The van der Waals surface area contributed by atoms with Crippen LogP contribution in [0.25, 0.3) is 10.9 Å². The van der Waals surface area contributed by atoms with Crippen LogP contribution in [0.15, 0.2) is 34.9 Å². The largest absolute Gasteiger partial charge is 0.514 e. The summed E-state index contributed by atoms with van der Waals surface area (Å²) in [6.45, 7) is 5.35. The van der Waals surface area contributed by atoms with Crippen molar-refractivity contribution in [3.63, 3.8) is 0 Å². The number of ether oxygens (including phenoxy) is 2. The van der Waals surface area contributed by atoms with E-state index in [4.69, 9.17) is 9.47 Å². The molecule has 1 aromatic carbocycles. The average molecular weight is 324 g/mol. The highest BCUT2D eigenvalue weighted by Crippen LogP contribution is 2.26. The van der Waals surface area contributed by atoms with Gasteiger partial charge in [-0.3, -0.25) is 4.98 Å². The van der Waals surface area contributed by atoms with Crippen LogP contribution in [0.3, 0.4) is 0 Å². The summed E-state index contributed by atoms with van der Waals surface area (Å²) in [5.74, 6) is 0.388. The van der Waals surface area contributed by atoms with Crippen molar-refractivity contribution in [1.82, 2.24) is 4.98 Å². The molecule has 1 aromatic heterocycles. The van der Waals surface area contributed by atoms with Crippen molar-refractivity contribution < 1.29 is 14.3 Å². The van der Waals surface area contributed by atoms with Crippen LogP contribution < -0.4 is 4.74 Å². The number of hydrogen-bond donors (Lipinski definition) is 0. The first-order valence-corrected chi connectivity index (χ1v) is 6.59. The summed E-state index contributed by atoms with van der Waals surface area (Å²) in [5.41, 5.74) is 0.0366. The summed E-state index contributed by atoms with van der Waals surface area (Å²) in [4.78, 5) is 15.9. The molecule has 2 rings (SSSR count). The number of aromatic nitrogens is 1. The molecule has 4 nitrogen and oxygen atoms in total. The van der Waals surface area contributed by atoms with Crippen molar-refractivity contribution in [2.24, 2.45) is 0 Å². The zero-order chi connectivity index (χ0) is 14.0. The minimum Gasteiger partial charge on any atom is -0.428 e. The number of para-hydroxylation sites is 1. The van der Waals surface area contributed by atoms with Gasteiger partial charge in [-0.1, -0.05) is 12.1 Å². The summed E-state index contributed by atoms with van der Waals surface area (Å²) < 4.78 is 11.2. The lowest BCUT2D eigenvalue weighted by Crippen LogP contribution is -2.26. The number of pyridine rings is 1. The molecule has 0 unspecified atom stereocenters. The molecule has 100 valence electrons. The number of halogens is 1. The lowest BCUT2D eigenvalue weighted by Gasteiger charge is -2.18. The predicted molar refractivity (Wildman–Crippen MR) is 76.3 cm³/mol. The maximum absolute atomic E-state index is 11.7. The van der Waals surface area contributed by atoms with Crippen molar-refractivity contribution in [3.05, 3.63) is 34.9 Å². The minimum absolute atomic E-state index is 0.388. The van der Waals surface area contributed by atoms with Crippen molar-refractivity contribution in [2.75, 3.05) is 0 Å². The first kappa shape index (κ1) is 13.8. The van der Waals surface area contributed by atoms with E-state index in [0.29, 0.717) is 11.3 Å². The number of fused-ring (bicyclic) bond motifs is 1. The summed E-state index contributed by atoms with van der Waals surface area (Å²) in [6.07, 6.45) is 0.925. The molecule has 0 fully saturated rings. The molecule has 0 N–H and O–H groups in total. The van der Waals surface area contributed by atoms with Crippen LogP contribution in [0.5, 0.6) is 5.75 Å². The minimum atomic E-state index is -0.732. The highest BCUT2D eigenvalue weighted by Gasteiger charge is 2.19. The topological polar surface area (TPSA) is 48.4 Å². The van der Waals surface area contributed by atoms with Crippen LogP contribution in [-0.2, 0) is 4.74 Å². The highest BCUT2D eigenvalue weighted by molar-refractivity contribution is 9.10. The molecule has 0 radical (unpaired) electrons. The van der Waals surface area contributed by atoms with Crippen molar-refractivity contribution in [3.8, 4) is 5.75 Å². The summed E-state index contributed by atoms with van der Waals surface area (Å²) >= 11 is 3.35. The Morgan fingerprint density at radius 3 is 2.74 bits per heavy atom. The molecule has 0 saturated carbocycles. The zero-order valence-corrected chi connectivity index (χ0v) is 12.5. The summed E-state index contributed by atoms with van der Waals surface area (Å²) in [6, 6.07) is 7.29. The quantitative estimate of drug-likeness (QED) is 0.579. The molecule has 0 atom stereocenters. The second kappa shape index (κ2) is 5.17. The van der Waals surface area contributed by atoms with E-state index in [1.807, 2.05) is 12.1 Å². The normalized spacial score (nSPS) is 11.4. The third kappa shape index (κ3) is 3.67. The van der Waals surface area contributed by atoms with Crippen LogP contribution >= 0.6 is 15.9 Å². The van der Waals surface area contributed by atoms with Gasteiger partial charge in [-0.2, -0.15) is 0 Å². The molecule has 19 heavy (non-hydrogen) atoms. The molecule has 0 aliphatic heterocycles. The lowest BCUT2D eigenvalue weighted by atomic mass is 10.2. The Morgan fingerprint density at radius 2 is 2.05 bits per heavy atom. The molecule has 2 aromatic rings.